The second-order valence-electron chi connectivity index (χ2n) is 5.85. The summed E-state index contributed by atoms with van der Waals surface area (Å²) in [5.41, 5.74) is 0.938. The topological polar surface area (TPSA) is 79.8 Å². The third kappa shape index (κ3) is 5.18. The molecule has 23 heavy (non-hydrogen) atoms. The number of nitrogens with zero attached hydrogens (tertiary/aromatic N) is 3. The largest absolute Gasteiger partial charge is 0.489 e. The Morgan fingerprint density at radius 2 is 2.04 bits per heavy atom. The fraction of sp³-hybridized carbons (Fsp3) is 0.600. The quantitative estimate of drug-likeness (QED) is 0.786. The number of aryl methyl sites for hydroxylation is 1. The average molecular weight is 341 g/mol. The van der Waals surface area contributed by atoms with Gasteiger partial charge in [-0.1, -0.05) is 0 Å². The third-order valence-corrected chi connectivity index (χ3v) is 5.17. The molecule has 1 aliphatic heterocycles. The lowest BCUT2D eigenvalue weighted by atomic mass is 10.1. The van der Waals surface area contributed by atoms with Crippen molar-refractivity contribution in [3.63, 3.8) is 0 Å². The van der Waals surface area contributed by atoms with E-state index < -0.39 is 10.0 Å². The maximum absolute atomic E-state index is 12.1. The Hall–Kier alpha value is -1.67. The minimum atomic E-state index is -3.34. The number of carbonyl (C=O) groups excluding carboxylic acids is 1. The first-order valence-corrected chi connectivity index (χ1v) is 9.39. The standard InChI is InChI=1S/C15H23N3O4S/c1-12-4-5-14(10-16-12)22-13-6-8-18(9-7-13)15(19)11-17(2)23(3,20)21/h4-5,10,13H,6-9,11H2,1-3H3. The fourth-order valence-electron chi connectivity index (χ4n) is 2.35. The first-order chi connectivity index (χ1) is 10.8. The summed E-state index contributed by atoms with van der Waals surface area (Å²) in [6, 6.07) is 3.79. The van der Waals surface area contributed by atoms with Crippen LogP contribution < -0.4 is 4.74 Å². The van der Waals surface area contributed by atoms with Crippen LogP contribution in [-0.2, 0) is 14.8 Å². The van der Waals surface area contributed by atoms with Gasteiger partial charge < -0.3 is 9.64 Å². The van der Waals surface area contributed by atoms with Crippen molar-refractivity contribution in [1.82, 2.24) is 14.2 Å². The number of likely N-dealkylation sites (N-methyl/N-ethyl adjacent to an activating group) is 1. The minimum Gasteiger partial charge on any atom is -0.489 e. The number of rotatable bonds is 5. The van der Waals surface area contributed by atoms with Crippen LogP contribution in [0, 0.1) is 6.92 Å². The highest BCUT2D eigenvalue weighted by molar-refractivity contribution is 7.88. The summed E-state index contributed by atoms with van der Waals surface area (Å²) in [5.74, 6) is 0.561. The molecule has 1 amide bonds. The molecule has 128 valence electrons. The van der Waals surface area contributed by atoms with E-state index in [4.69, 9.17) is 4.74 Å². The second-order valence-corrected chi connectivity index (χ2v) is 7.94. The highest BCUT2D eigenvalue weighted by atomic mass is 32.2. The van der Waals surface area contributed by atoms with Gasteiger partial charge in [-0.05, 0) is 19.1 Å². The Balaban J connectivity index is 1.81. The maximum atomic E-state index is 12.1. The van der Waals surface area contributed by atoms with E-state index in [1.165, 1.54) is 7.05 Å². The van der Waals surface area contributed by atoms with Crippen molar-refractivity contribution in [2.24, 2.45) is 0 Å². The van der Waals surface area contributed by atoms with Gasteiger partial charge in [-0.25, -0.2) is 8.42 Å². The number of hydrogen-bond donors (Lipinski definition) is 0. The number of carbonyl (C=O) groups is 1. The molecule has 0 aliphatic carbocycles. The fourth-order valence-corrected chi connectivity index (χ4v) is 2.69. The van der Waals surface area contributed by atoms with E-state index in [-0.39, 0.29) is 18.6 Å². The van der Waals surface area contributed by atoms with E-state index in [0.29, 0.717) is 13.1 Å². The Morgan fingerprint density at radius 3 is 2.57 bits per heavy atom. The van der Waals surface area contributed by atoms with Crippen molar-refractivity contribution < 1.29 is 17.9 Å². The van der Waals surface area contributed by atoms with Crippen LogP contribution in [0.25, 0.3) is 0 Å². The first-order valence-electron chi connectivity index (χ1n) is 7.54. The monoisotopic (exact) mass is 341 g/mol. The maximum Gasteiger partial charge on any atom is 0.237 e. The smallest absolute Gasteiger partial charge is 0.237 e. The summed E-state index contributed by atoms with van der Waals surface area (Å²) in [7, 11) is -1.93. The number of likely N-dealkylation sites (tertiary alicyclic amines) is 1. The van der Waals surface area contributed by atoms with Crippen LogP contribution in [0.5, 0.6) is 5.75 Å². The van der Waals surface area contributed by atoms with Crippen molar-refractivity contribution in [2.45, 2.75) is 25.9 Å². The summed E-state index contributed by atoms with van der Waals surface area (Å²) in [6.07, 6.45) is 4.30. The summed E-state index contributed by atoms with van der Waals surface area (Å²) in [4.78, 5) is 18.0. The predicted octanol–water partition coefficient (Wildman–Crippen LogP) is 0.651. The molecule has 0 atom stereocenters. The molecule has 2 rings (SSSR count). The van der Waals surface area contributed by atoms with E-state index in [1.54, 1.807) is 11.1 Å². The number of piperidine rings is 1. The zero-order valence-electron chi connectivity index (χ0n) is 13.7. The molecule has 7 nitrogen and oxygen atoms in total. The van der Waals surface area contributed by atoms with Gasteiger partial charge in [0, 0.05) is 38.7 Å². The van der Waals surface area contributed by atoms with E-state index in [9.17, 15) is 13.2 Å². The number of aromatic nitrogens is 1. The highest BCUT2D eigenvalue weighted by Gasteiger charge is 2.26. The molecule has 0 saturated carbocycles. The predicted molar refractivity (Wildman–Crippen MR) is 86.7 cm³/mol. The molecule has 1 aliphatic rings. The second kappa shape index (κ2) is 7.27. The van der Waals surface area contributed by atoms with Gasteiger partial charge in [-0.3, -0.25) is 9.78 Å². The van der Waals surface area contributed by atoms with Crippen LogP contribution in [0.15, 0.2) is 18.3 Å². The summed E-state index contributed by atoms with van der Waals surface area (Å²) in [6.45, 7) is 2.94. The number of hydrogen-bond acceptors (Lipinski definition) is 5. The molecule has 1 saturated heterocycles. The van der Waals surface area contributed by atoms with Crippen LogP contribution in [0.2, 0.25) is 0 Å². The van der Waals surface area contributed by atoms with Crippen molar-refractivity contribution in [1.29, 1.82) is 0 Å². The van der Waals surface area contributed by atoms with E-state index >= 15 is 0 Å². The lowest BCUT2D eigenvalue weighted by Crippen LogP contribution is -2.46. The molecule has 0 N–H and O–H groups in total. The summed E-state index contributed by atoms with van der Waals surface area (Å²) >= 11 is 0. The van der Waals surface area contributed by atoms with E-state index in [0.717, 1.165) is 34.8 Å². The van der Waals surface area contributed by atoms with Crippen LogP contribution in [0.1, 0.15) is 18.5 Å². The minimum absolute atomic E-state index is 0.0520. The molecule has 1 aromatic rings. The van der Waals surface area contributed by atoms with Gasteiger partial charge in [-0.2, -0.15) is 4.31 Å². The number of ether oxygens (including phenoxy) is 1. The molecule has 2 heterocycles. The average Bonchev–Trinajstić information content (AvgIpc) is 2.49. The lowest BCUT2D eigenvalue weighted by molar-refractivity contribution is -0.133. The van der Waals surface area contributed by atoms with E-state index in [1.807, 2.05) is 19.1 Å². The molecule has 1 aromatic heterocycles. The zero-order chi connectivity index (χ0) is 17.0. The normalized spacial score (nSPS) is 16.6. The molecule has 1 fully saturated rings. The van der Waals surface area contributed by atoms with Crippen LogP contribution in [0.3, 0.4) is 0 Å². The third-order valence-electron chi connectivity index (χ3n) is 3.91. The number of sulfonamides is 1. The van der Waals surface area contributed by atoms with Crippen molar-refractivity contribution in [3.05, 3.63) is 24.0 Å². The molecule has 0 bridgehead atoms. The number of amides is 1. The Bertz CT molecular complexity index is 637. The lowest BCUT2D eigenvalue weighted by Gasteiger charge is -2.32. The highest BCUT2D eigenvalue weighted by Crippen LogP contribution is 2.18. The van der Waals surface area contributed by atoms with Gasteiger partial charge in [0.15, 0.2) is 0 Å². The Kier molecular flexibility index (Phi) is 5.59. The molecule has 0 spiro atoms. The molecule has 8 heteroatoms. The molecular formula is C15H23N3O4S. The summed E-state index contributed by atoms with van der Waals surface area (Å²) in [5, 5.41) is 0. The van der Waals surface area contributed by atoms with Gasteiger partial charge in [0.2, 0.25) is 15.9 Å². The van der Waals surface area contributed by atoms with Crippen LogP contribution in [0.4, 0.5) is 0 Å². The van der Waals surface area contributed by atoms with Gasteiger partial charge >= 0.3 is 0 Å². The summed E-state index contributed by atoms with van der Waals surface area (Å²) < 4.78 is 29.6. The van der Waals surface area contributed by atoms with Crippen molar-refractivity contribution in [2.75, 3.05) is 32.9 Å². The Labute approximate surface area is 137 Å². The Morgan fingerprint density at radius 1 is 1.39 bits per heavy atom. The zero-order valence-corrected chi connectivity index (χ0v) is 14.5. The van der Waals surface area contributed by atoms with Gasteiger partial charge in [0.1, 0.15) is 11.9 Å². The molecule has 0 radical (unpaired) electrons. The van der Waals surface area contributed by atoms with Gasteiger partial charge in [-0.15, -0.1) is 0 Å². The van der Waals surface area contributed by atoms with Gasteiger partial charge in [0.25, 0.3) is 0 Å². The molecule has 0 aromatic carbocycles. The molecular weight excluding hydrogens is 318 g/mol. The van der Waals surface area contributed by atoms with Crippen molar-refractivity contribution >= 4 is 15.9 Å². The van der Waals surface area contributed by atoms with Crippen molar-refractivity contribution in [3.8, 4) is 5.75 Å². The van der Waals surface area contributed by atoms with E-state index in [2.05, 4.69) is 4.98 Å². The molecule has 0 unspecified atom stereocenters. The number of pyridine rings is 1. The SMILES string of the molecule is Cc1ccc(OC2CCN(C(=O)CN(C)S(C)(=O)=O)CC2)cn1. The van der Waals surface area contributed by atoms with Gasteiger partial charge in [0.05, 0.1) is 19.0 Å². The first kappa shape index (κ1) is 17.7. The van der Waals surface area contributed by atoms with Crippen LogP contribution in [-0.4, -0.2) is 67.6 Å². The van der Waals surface area contributed by atoms with Crippen LogP contribution >= 0.6 is 0 Å².